The largest absolute Gasteiger partial charge is 0.471 e. The maximum absolute atomic E-state index is 13.0. The number of carbonyl (C=O) groups excluding carboxylic acids is 2. The summed E-state index contributed by atoms with van der Waals surface area (Å²) in [6, 6.07) is 26.2. The van der Waals surface area contributed by atoms with E-state index in [0.717, 1.165) is 21.7 Å². The highest BCUT2D eigenvalue weighted by Gasteiger charge is 2.43. The van der Waals surface area contributed by atoms with Gasteiger partial charge in [0.2, 0.25) is 5.91 Å². The third kappa shape index (κ3) is 6.91. The van der Waals surface area contributed by atoms with E-state index in [1.807, 2.05) is 53.4 Å². The number of hydrogen-bond acceptors (Lipinski definition) is 4. The van der Waals surface area contributed by atoms with Gasteiger partial charge < -0.3 is 15.1 Å². The Morgan fingerprint density at radius 2 is 1.66 bits per heavy atom. The fourth-order valence-corrected chi connectivity index (χ4v) is 4.62. The standard InChI is InChI=1S/C29H27F3N4O2/c30-29(31,32)28(38)35-15-13-24(14-16-35)23-9-11-25(12-10-23)34-27(37)20-36(19-21-5-2-1-3-6-21)26-8-4-7-22(17-26)18-33/h1-12,17,24H,13-16,19-20H2,(H,34,37). The summed E-state index contributed by atoms with van der Waals surface area (Å²) in [4.78, 5) is 27.2. The third-order valence-electron chi connectivity index (χ3n) is 6.58. The van der Waals surface area contributed by atoms with Gasteiger partial charge in [-0.1, -0.05) is 48.5 Å². The number of benzene rings is 3. The molecule has 0 spiro atoms. The first kappa shape index (κ1) is 26.7. The topological polar surface area (TPSA) is 76.4 Å². The van der Waals surface area contributed by atoms with Crippen molar-refractivity contribution >= 4 is 23.2 Å². The second-order valence-corrected chi connectivity index (χ2v) is 9.24. The Morgan fingerprint density at radius 1 is 0.974 bits per heavy atom. The molecule has 4 rings (SSSR count). The second kappa shape index (κ2) is 11.8. The number of rotatable bonds is 7. The predicted molar refractivity (Wildman–Crippen MR) is 138 cm³/mol. The maximum atomic E-state index is 13.0. The molecule has 0 unspecified atom stereocenters. The van der Waals surface area contributed by atoms with Gasteiger partial charge in [0.15, 0.2) is 0 Å². The average molecular weight is 521 g/mol. The van der Waals surface area contributed by atoms with E-state index >= 15 is 0 Å². The summed E-state index contributed by atoms with van der Waals surface area (Å²) < 4.78 is 38.0. The number of nitrogens with one attached hydrogen (secondary N) is 1. The van der Waals surface area contributed by atoms with Crippen LogP contribution in [0.2, 0.25) is 0 Å². The van der Waals surface area contributed by atoms with Crippen LogP contribution < -0.4 is 10.2 Å². The van der Waals surface area contributed by atoms with E-state index in [1.165, 1.54) is 0 Å². The number of hydrogen-bond donors (Lipinski definition) is 1. The van der Waals surface area contributed by atoms with E-state index in [9.17, 15) is 28.0 Å². The van der Waals surface area contributed by atoms with Gasteiger partial charge in [0.05, 0.1) is 18.2 Å². The molecule has 0 atom stereocenters. The van der Waals surface area contributed by atoms with E-state index in [-0.39, 0.29) is 31.5 Å². The van der Waals surface area contributed by atoms with Gasteiger partial charge in [0.1, 0.15) is 0 Å². The van der Waals surface area contributed by atoms with Gasteiger partial charge in [-0.15, -0.1) is 0 Å². The summed E-state index contributed by atoms with van der Waals surface area (Å²) in [7, 11) is 0. The molecule has 38 heavy (non-hydrogen) atoms. The van der Waals surface area contributed by atoms with E-state index in [0.29, 0.717) is 30.6 Å². The molecule has 1 heterocycles. The van der Waals surface area contributed by atoms with Crippen molar-refractivity contribution < 1.29 is 22.8 Å². The van der Waals surface area contributed by atoms with Crippen LogP contribution in [0.1, 0.15) is 35.4 Å². The normalized spacial score (nSPS) is 14.0. The summed E-state index contributed by atoms with van der Waals surface area (Å²) in [6.07, 6.45) is -3.95. The number of likely N-dealkylation sites (tertiary alicyclic amines) is 1. The lowest BCUT2D eigenvalue weighted by molar-refractivity contribution is -0.186. The van der Waals surface area contributed by atoms with Crippen molar-refractivity contribution in [3.63, 3.8) is 0 Å². The van der Waals surface area contributed by atoms with Crippen LogP contribution in [0, 0.1) is 11.3 Å². The molecule has 2 amide bonds. The molecule has 196 valence electrons. The van der Waals surface area contributed by atoms with Crippen molar-refractivity contribution in [3.8, 4) is 6.07 Å². The molecule has 0 aromatic heterocycles. The van der Waals surface area contributed by atoms with Gasteiger partial charge in [-0.25, -0.2) is 0 Å². The number of alkyl halides is 3. The minimum absolute atomic E-state index is 0.0470. The summed E-state index contributed by atoms with van der Waals surface area (Å²) in [5.74, 6) is -1.96. The van der Waals surface area contributed by atoms with Crippen LogP contribution in [0.5, 0.6) is 0 Å². The zero-order valence-corrected chi connectivity index (χ0v) is 20.6. The fourth-order valence-electron chi connectivity index (χ4n) is 4.62. The molecule has 9 heteroatoms. The van der Waals surface area contributed by atoms with Gasteiger partial charge in [-0.05, 0) is 60.2 Å². The molecule has 1 saturated heterocycles. The first-order valence-electron chi connectivity index (χ1n) is 12.3. The van der Waals surface area contributed by atoms with Crippen LogP contribution in [-0.2, 0) is 16.1 Å². The van der Waals surface area contributed by atoms with E-state index in [4.69, 9.17) is 0 Å². The van der Waals surface area contributed by atoms with Gasteiger partial charge in [0, 0.05) is 31.0 Å². The van der Waals surface area contributed by atoms with Gasteiger partial charge in [0.25, 0.3) is 0 Å². The van der Waals surface area contributed by atoms with Crippen LogP contribution >= 0.6 is 0 Å². The summed E-state index contributed by atoms with van der Waals surface area (Å²) >= 11 is 0. The summed E-state index contributed by atoms with van der Waals surface area (Å²) in [5, 5.41) is 12.2. The van der Waals surface area contributed by atoms with Crippen LogP contribution in [0.4, 0.5) is 24.5 Å². The molecule has 1 N–H and O–H groups in total. The average Bonchev–Trinajstić information content (AvgIpc) is 2.93. The van der Waals surface area contributed by atoms with E-state index in [2.05, 4.69) is 11.4 Å². The number of anilines is 2. The first-order chi connectivity index (χ1) is 18.2. The lowest BCUT2D eigenvalue weighted by Crippen LogP contribution is -2.45. The molecule has 0 bridgehead atoms. The molecular formula is C29H27F3N4O2. The van der Waals surface area contributed by atoms with Crippen LogP contribution in [-0.4, -0.2) is 42.5 Å². The van der Waals surface area contributed by atoms with Crippen molar-refractivity contribution in [2.45, 2.75) is 31.5 Å². The molecule has 3 aromatic rings. The minimum Gasteiger partial charge on any atom is -0.358 e. The van der Waals surface area contributed by atoms with Gasteiger partial charge >= 0.3 is 12.1 Å². The Morgan fingerprint density at radius 3 is 2.29 bits per heavy atom. The van der Waals surface area contributed by atoms with E-state index in [1.54, 1.807) is 30.3 Å². The highest BCUT2D eigenvalue weighted by molar-refractivity contribution is 5.94. The van der Waals surface area contributed by atoms with Gasteiger partial charge in [-0.3, -0.25) is 9.59 Å². The molecule has 1 aliphatic heterocycles. The van der Waals surface area contributed by atoms with Gasteiger partial charge in [-0.2, -0.15) is 18.4 Å². The Kier molecular flexibility index (Phi) is 8.31. The predicted octanol–water partition coefficient (Wildman–Crippen LogP) is 5.47. The van der Waals surface area contributed by atoms with Crippen molar-refractivity contribution in [1.82, 2.24) is 4.90 Å². The number of nitrogens with zero attached hydrogens (tertiary/aromatic N) is 3. The third-order valence-corrected chi connectivity index (χ3v) is 6.58. The monoisotopic (exact) mass is 520 g/mol. The highest BCUT2D eigenvalue weighted by Crippen LogP contribution is 2.31. The van der Waals surface area contributed by atoms with Crippen LogP contribution in [0.3, 0.4) is 0 Å². The summed E-state index contributed by atoms with van der Waals surface area (Å²) in [6.45, 7) is 0.673. The maximum Gasteiger partial charge on any atom is 0.471 e. The Labute approximate surface area is 219 Å². The van der Waals surface area contributed by atoms with Crippen molar-refractivity contribution in [2.24, 2.45) is 0 Å². The molecule has 0 aliphatic carbocycles. The van der Waals surface area contributed by atoms with Crippen molar-refractivity contribution in [2.75, 3.05) is 29.9 Å². The van der Waals surface area contributed by atoms with Crippen molar-refractivity contribution in [1.29, 1.82) is 5.26 Å². The molecule has 1 fully saturated rings. The first-order valence-corrected chi connectivity index (χ1v) is 12.3. The molecule has 3 aromatic carbocycles. The summed E-state index contributed by atoms with van der Waals surface area (Å²) in [5.41, 5.74) is 3.85. The van der Waals surface area contributed by atoms with Crippen LogP contribution in [0.25, 0.3) is 0 Å². The Balaban J connectivity index is 1.38. The molecule has 6 nitrogen and oxygen atoms in total. The van der Waals surface area contributed by atoms with Crippen molar-refractivity contribution in [3.05, 3.63) is 95.6 Å². The molecular weight excluding hydrogens is 493 g/mol. The zero-order valence-electron chi connectivity index (χ0n) is 20.6. The molecule has 0 saturated carbocycles. The van der Waals surface area contributed by atoms with E-state index < -0.39 is 12.1 Å². The SMILES string of the molecule is N#Cc1cccc(N(CC(=O)Nc2ccc(C3CCN(C(=O)C(F)(F)F)CC3)cc2)Cc2ccccc2)c1. The quantitative estimate of drug-likeness (QED) is 0.448. The smallest absolute Gasteiger partial charge is 0.358 e. The van der Waals surface area contributed by atoms with Crippen LogP contribution in [0.15, 0.2) is 78.9 Å². The number of halogens is 3. The fraction of sp³-hybridized carbons (Fsp3) is 0.276. The Bertz CT molecular complexity index is 1300. The molecule has 0 radical (unpaired) electrons. The Hall–Kier alpha value is -4.32. The number of piperidine rings is 1. The molecule has 1 aliphatic rings. The lowest BCUT2D eigenvalue weighted by atomic mass is 9.89. The zero-order chi connectivity index (χ0) is 27.1. The minimum atomic E-state index is -4.85. The number of carbonyl (C=O) groups is 2. The number of nitriles is 1. The second-order valence-electron chi connectivity index (χ2n) is 9.24. The highest BCUT2D eigenvalue weighted by atomic mass is 19.4. The number of amides is 2. The lowest BCUT2D eigenvalue weighted by Gasteiger charge is -2.32.